The summed E-state index contributed by atoms with van der Waals surface area (Å²) in [4.78, 5) is 20.4. The molecule has 1 amide bonds. The third-order valence-corrected chi connectivity index (χ3v) is 4.65. The zero-order valence-electron chi connectivity index (χ0n) is 16.6. The molecule has 2 aromatic carbocycles. The van der Waals surface area contributed by atoms with Gasteiger partial charge in [-0.2, -0.15) is 13.2 Å². The van der Waals surface area contributed by atoms with Crippen LogP contribution in [0.1, 0.15) is 25.0 Å². The van der Waals surface area contributed by atoms with E-state index < -0.39 is 12.1 Å². The number of hydrogen-bond acceptors (Lipinski definition) is 3. The molecule has 0 bridgehead atoms. The maximum absolute atomic E-state index is 12.7. The molecular formula is C21H24ClF3N2O2. The average molecular weight is 429 g/mol. The molecule has 0 saturated heterocycles. The van der Waals surface area contributed by atoms with Gasteiger partial charge in [-0.15, -0.1) is 0 Å². The molecule has 0 spiro atoms. The number of nitrogens with one attached hydrogen (secondary N) is 1. The standard InChI is InChI=1S/C18H16ClF3N2O.C2H6.CH2O/c1-23-12-8-11-10-24(17(25)18(20,21)22)7-6-13(11)15(9-12)14-4-2-3-5-16(14)19;2*1-2/h2-5,8-9,23H,6-7,10H2,1H3;1-2H3;1H2. The van der Waals surface area contributed by atoms with Crippen LogP contribution >= 0.6 is 11.6 Å². The minimum absolute atomic E-state index is 0.0295. The molecule has 0 saturated carbocycles. The molecule has 0 radical (unpaired) electrons. The molecule has 1 N–H and O–H groups in total. The molecule has 1 aliphatic rings. The number of fused-ring (bicyclic) bond motifs is 1. The summed E-state index contributed by atoms with van der Waals surface area (Å²) in [5.74, 6) is -1.80. The SMILES string of the molecule is C=O.CC.CNc1cc2c(c(-c3ccccc3Cl)c1)CCN(C(=O)C(F)(F)F)C2. The Morgan fingerprint density at radius 3 is 2.31 bits per heavy atom. The van der Waals surface area contributed by atoms with E-state index in [4.69, 9.17) is 16.4 Å². The number of halogens is 4. The van der Waals surface area contributed by atoms with Gasteiger partial charge in [0.1, 0.15) is 6.79 Å². The average Bonchev–Trinajstić information content (AvgIpc) is 2.74. The summed E-state index contributed by atoms with van der Waals surface area (Å²) in [6.07, 6.45) is -4.51. The third-order valence-electron chi connectivity index (χ3n) is 4.32. The zero-order chi connectivity index (χ0) is 22.2. The molecule has 0 aromatic heterocycles. The lowest BCUT2D eigenvalue weighted by Crippen LogP contribution is -2.43. The van der Waals surface area contributed by atoms with E-state index in [0.717, 1.165) is 27.3 Å². The highest BCUT2D eigenvalue weighted by Gasteiger charge is 2.43. The van der Waals surface area contributed by atoms with Crippen molar-refractivity contribution in [3.05, 3.63) is 52.5 Å². The van der Waals surface area contributed by atoms with E-state index in [0.29, 0.717) is 17.0 Å². The van der Waals surface area contributed by atoms with Gasteiger partial charge in [-0.3, -0.25) is 4.79 Å². The van der Waals surface area contributed by atoms with Crippen LogP contribution in [0.15, 0.2) is 36.4 Å². The Kier molecular flexibility index (Phi) is 9.17. The Hall–Kier alpha value is -2.54. The lowest BCUT2D eigenvalue weighted by molar-refractivity contribution is -0.186. The fraction of sp³-hybridized carbons (Fsp3) is 0.333. The fourth-order valence-corrected chi connectivity index (χ4v) is 3.35. The van der Waals surface area contributed by atoms with Crippen LogP contribution in [-0.4, -0.2) is 37.4 Å². The second-order valence-corrected chi connectivity index (χ2v) is 6.27. The third kappa shape index (κ3) is 5.73. The van der Waals surface area contributed by atoms with Crippen molar-refractivity contribution in [2.45, 2.75) is 33.0 Å². The topological polar surface area (TPSA) is 49.4 Å². The van der Waals surface area contributed by atoms with Crippen molar-refractivity contribution in [3.63, 3.8) is 0 Å². The second-order valence-electron chi connectivity index (χ2n) is 5.87. The summed E-state index contributed by atoms with van der Waals surface area (Å²) in [5.41, 5.74) is 4.10. The van der Waals surface area contributed by atoms with Gasteiger partial charge in [0, 0.05) is 36.4 Å². The molecule has 29 heavy (non-hydrogen) atoms. The van der Waals surface area contributed by atoms with Crippen LogP contribution in [0.2, 0.25) is 5.02 Å². The lowest BCUT2D eigenvalue weighted by Gasteiger charge is -2.31. The van der Waals surface area contributed by atoms with Crippen molar-refractivity contribution < 1.29 is 22.8 Å². The number of carbonyl (C=O) groups is 2. The number of anilines is 1. The van der Waals surface area contributed by atoms with E-state index in [1.807, 2.05) is 44.9 Å². The predicted octanol–water partition coefficient (Wildman–Crippen LogP) is 5.34. The molecule has 8 heteroatoms. The van der Waals surface area contributed by atoms with E-state index in [2.05, 4.69) is 5.32 Å². The molecule has 0 atom stereocenters. The Bertz CT molecular complexity index is 841. The summed E-state index contributed by atoms with van der Waals surface area (Å²) < 4.78 is 38.2. The minimum Gasteiger partial charge on any atom is -0.388 e. The van der Waals surface area contributed by atoms with E-state index in [1.54, 1.807) is 19.2 Å². The molecule has 4 nitrogen and oxygen atoms in total. The van der Waals surface area contributed by atoms with Crippen LogP contribution in [0, 0.1) is 0 Å². The number of amides is 1. The minimum atomic E-state index is -4.86. The predicted molar refractivity (Wildman–Crippen MR) is 110 cm³/mol. The number of rotatable bonds is 2. The van der Waals surface area contributed by atoms with Crippen LogP contribution in [0.25, 0.3) is 11.1 Å². The van der Waals surface area contributed by atoms with Gasteiger partial charge in [0.05, 0.1) is 0 Å². The van der Waals surface area contributed by atoms with Crippen molar-refractivity contribution in [1.82, 2.24) is 4.90 Å². The van der Waals surface area contributed by atoms with Crippen molar-refractivity contribution >= 4 is 30.0 Å². The fourth-order valence-electron chi connectivity index (χ4n) is 3.12. The Labute approximate surface area is 173 Å². The van der Waals surface area contributed by atoms with Crippen molar-refractivity contribution in [1.29, 1.82) is 0 Å². The van der Waals surface area contributed by atoms with Crippen LogP contribution in [0.3, 0.4) is 0 Å². The van der Waals surface area contributed by atoms with Crippen LogP contribution in [-0.2, 0) is 22.6 Å². The monoisotopic (exact) mass is 428 g/mol. The zero-order valence-corrected chi connectivity index (χ0v) is 17.3. The van der Waals surface area contributed by atoms with Gasteiger partial charge in [-0.25, -0.2) is 0 Å². The Morgan fingerprint density at radius 1 is 1.14 bits per heavy atom. The van der Waals surface area contributed by atoms with Crippen LogP contribution in [0.5, 0.6) is 0 Å². The van der Waals surface area contributed by atoms with E-state index in [-0.39, 0.29) is 13.1 Å². The first-order valence-electron chi connectivity index (χ1n) is 9.04. The van der Waals surface area contributed by atoms with Gasteiger partial charge in [-0.1, -0.05) is 43.6 Å². The number of nitrogens with zero attached hydrogens (tertiary/aromatic N) is 1. The highest BCUT2D eigenvalue weighted by atomic mass is 35.5. The number of carbonyl (C=O) groups excluding carboxylic acids is 2. The largest absolute Gasteiger partial charge is 0.471 e. The molecule has 0 fully saturated rings. The maximum Gasteiger partial charge on any atom is 0.471 e. The van der Waals surface area contributed by atoms with Crippen molar-refractivity contribution in [2.75, 3.05) is 18.9 Å². The normalized spacial score (nSPS) is 12.6. The molecule has 0 unspecified atom stereocenters. The van der Waals surface area contributed by atoms with Gasteiger partial charge < -0.3 is 15.0 Å². The second kappa shape index (κ2) is 10.9. The van der Waals surface area contributed by atoms with Crippen LogP contribution in [0.4, 0.5) is 18.9 Å². The number of alkyl halides is 3. The van der Waals surface area contributed by atoms with Gasteiger partial charge in [-0.05, 0) is 41.3 Å². The molecule has 158 valence electrons. The Morgan fingerprint density at radius 2 is 1.76 bits per heavy atom. The first-order chi connectivity index (χ1) is 13.8. The first-order valence-corrected chi connectivity index (χ1v) is 9.42. The molecule has 1 aliphatic heterocycles. The summed E-state index contributed by atoms with van der Waals surface area (Å²) in [7, 11) is 1.74. The molecule has 2 aromatic rings. The smallest absolute Gasteiger partial charge is 0.388 e. The summed E-state index contributed by atoms with van der Waals surface area (Å²) in [6.45, 7) is 5.96. The quantitative estimate of drug-likeness (QED) is 0.702. The Balaban J connectivity index is 0.000000989. The lowest BCUT2D eigenvalue weighted by atomic mass is 9.90. The van der Waals surface area contributed by atoms with Crippen molar-refractivity contribution in [2.24, 2.45) is 0 Å². The van der Waals surface area contributed by atoms with Gasteiger partial charge in [0.15, 0.2) is 0 Å². The van der Waals surface area contributed by atoms with E-state index in [9.17, 15) is 18.0 Å². The molecule has 0 aliphatic carbocycles. The molecular weight excluding hydrogens is 405 g/mol. The highest BCUT2D eigenvalue weighted by Crippen LogP contribution is 2.37. The first kappa shape index (κ1) is 24.5. The number of benzene rings is 2. The summed E-state index contributed by atoms with van der Waals surface area (Å²) in [6, 6.07) is 11.1. The summed E-state index contributed by atoms with van der Waals surface area (Å²) >= 11 is 6.30. The van der Waals surface area contributed by atoms with Crippen molar-refractivity contribution in [3.8, 4) is 11.1 Å². The van der Waals surface area contributed by atoms with E-state index in [1.165, 1.54) is 0 Å². The van der Waals surface area contributed by atoms with E-state index >= 15 is 0 Å². The molecule has 1 heterocycles. The van der Waals surface area contributed by atoms with Gasteiger partial charge in [0.2, 0.25) is 0 Å². The summed E-state index contributed by atoms with van der Waals surface area (Å²) in [5, 5.41) is 3.59. The molecule has 3 rings (SSSR count). The highest BCUT2D eigenvalue weighted by molar-refractivity contribution is 6.33. The number of hydrogen-bond donors (Lipinski definition) is 1. The maximum atomic E-state index is 12.7. The van der Waals surface area contributed by atoms with Crippen LogP contribution < -0.4 is 5.32 Å². The van der Waals surface area contributed by atoms with Gasteiger partial charge >= 0.3 is 12.1 Å². The van der Waals surface area contributed by atoms with Gasteiger partial charge in [0.25, 0.3) is 0 Å².